The minimum absolute atomic E-state index is 0.0475. The monoisotopic (exact) mass is 408 g/mol. The summed E-state index contributed by atoms with van der Waals surface area (Å²) in [6, 6.07) is 14.0. The van der Waals surface area contributed by atoms with Crippen LogP contribution in [-0.2, 0) is 16.1 Å². The predicted molar refractivity (Wildman–Crippen MR) is 113 cm³/mol. The number of hydrogen-bond donors (Lipinski definition) is 0. The van der Waals surface area contributed by atoms with Gasteiger partial charge in [-0.15, -0.1) is 0 Å². The molecule has 0 amide bonds. The van der Waals surface area contributed by atoms with E-state index in [1.165, 1.54) is 19.1 Å². The maximum atomic E-state index is 11.5. The van der Waals surface area contributed by atoms with Gasteiger partial charge in [0.1, 0.15) is 18.2 Å². The number of rotatable bonds is 9. The van der Waals surface area contributed by atoms with E-state index in [4.69, 9.17) is 9.47 Å². The standard InChI is InChI=1S/C23H24N2O5/c1-3-4-10-21(30-16(2)26)18-8-5-7-17(12-18)15-29-22-14-20(25(27)28)13-19-9-6-11-24-23(19)22/h5-9,11-14,21H,3-4,10,15H2,1-2H3. The van der Waals surface area contributed by atoms with E-state index in [9.17, 15) is 14.9 Å². The molecule has 0 N–H and O–H groups in total. The highest BCUT2D eigenvalue weighted by molar-refractivity contribution is 5.86. The van der Waals surface area contributed by atoms with Gasteiger partial charge in [-0.2, -0.15) is 0 Å². The molecule has 1 aromatic heterocycles. The Morgan fingerprint density at radius 2 is 2.03 bits per heavy atom. The Bertz CT molecular complexity index is 1050. The summed E-state index contributed by atoms with van der Waals surface area (Å²) < 4.78 is 11.4. The molecule has 1 atom stereocenters. The third-order valence-electron chi connectivity index (χ3n) is 4.71. The summed E-state index contributed by atoms with van der Waals surface area (Å²) in [5.41, 5.74) is 2.30. The Balaban J connectivity index is 1.83. The van der Waals surface area contributed by atoms with E-state index in [0.29, 0.717) is 16.7 Å². The van der Waals surface area contributed by atoms with Gasteiger partial charge in [-0.3, -0.25) is 19.9 Å². The number of nitro groups is 1. The van der Waals surface area contributed by atoms with Crippen molar-refractivity contribution >= 4 is 22.6 Å². The number of fused-ring (bicyclic) bond motifs is 1. The van der Waals surface area contributed by atoms with Gasteiger partial charge in [0.25, 0.3) is 5.69 Å². The van der Waals surface area contributed by atoms with Gasteiger partial charge in [-0.1, -0.05) is 37.6 Å². The Morgan fingerprint density at radius 1 is 1.20 bits per heavy atom. The van der Waals surface area contributed by atoms with Crippen LogP contribution in [0.2, 0.25) is 0 Å². The average Bonchev–Trinajstić information content (AvgIpc) is 2.74. The molecule has 0 bridgehead atoms. The fraction of sp³-hybridized carbons (Fsp3) is 0.304. The molecule has 2 aromatic carbocycles. The number of ether oxygens (including phenoxy) is 2. The van der Waals surface area contributed by atoms with Crippen LogP contribution < -0.4 is 4.74 Å². The number of benzene rings is 2. The highest BCUT2D eigenvalue weighted by Crippen LogP contribution is 2.30. The lowest BCUT2D eigenvalue weighted by Crippen LogP contribution is -2.09. The Hall–Kier alpha value is -3.48. The third-order valence-corrected chi connectivity index (χ3v) is 4.71. The molecular formula is C23H24N2O5. The molecule has 1 unspecified atom stereocenters. The maximum absolute atomic E-state index is 11.5. The molecule has 3 rings (SSSR count). The normalized spacial score (nSPS) is 11.8. The number of carbonyl (C=O) groups is 1. The van der Waals surface area contributed by atoms with E-state index < -0.39 is 4.92 Å². The molecule has 0 fully saturated rings. The van der Waals surface area contributed by atoms with Crippen LogP contribution in [0.1, 0.15) is 50.3 Å². The van der Waals surface area contributed by atoms with Crippen molar-refractivity contribution in [1.82, 2.24) is 4.98 Å². The first-order chi connectivity index (χ1) is 14.5. The number of non-ortho nitro benzene ring substituents is 1. The van der Waals surface area contributed by atoms with Gasteiger partial charge in [0.2, 0.25) is 0 Å². The molecule has 7 nitrogen and oxygen atoms in total. The molecule has 7 heteroatoms. The van der Waals surface area contributed by atoms with Gasteiger partial charge in [0, 0.05) is 24.6 Å². The molecule has 3 aromatic rings. The van der Waals surface area contributed by atoms with Crippen molar-refractivity contribution in [3.05, 3.63) is 76.0 Å². The van der Waals surface area contributed by atoms with Crippen LogP contribution in [0.15, 0.2) is 54.7 Å². The van der Waals surface area contributed by atoms with Gasteiger partial charge >= 0.3 is 5.97 Å². The zero-order chi connectivity index (χ0) is 21.5. The van der Waals surface area contributed by atoms with E-state index in [-0.39, 0.29) is 24.4 Å². The van der Waals surface area contributed by atoms with E-state index in [1.54, 1.807) is 18.3 Å². The molecule has 156 valence electrons. The Labute approximate surface area is 174 Å². The number of pyridine rings is 1. The van der Waals surface area contributed by atoms with Gasteiger partial charge in [0.15, 0.2) is 5.75 Å². The second kappa shape index (κ2) is 9.82. The zero-order valence-electron chi connectivity index (χ0n) is 17.0. The largest absolute Gasteiger partial charge is 0.486 e. The zero-order valence-corrected chi connectivity index (χ0v) is 17.0. The number of carbonyl (C=O) groups excluding carboxylic acids is 1. The fourth-order valence-corrected chi connectivity index (χ4v) is 3.29. The van der Waals surface area contributed by atoms with E-state index in [1.807, 2.05) is 24.3 Å². The number of unbranched alkanes of at least 4 members (excludes halogenated alkanes) is 1. The molecule has 0 aliphatic heterocycles. The second-order valence-electron chi connectivity index (χ2n) is 7.05. The van der Waals surface area contributed by atoms with Crippen molar-refractivity contribution in [2.24, 2.45) is 0 Å². The average molecular weight is 408 g/mol. The van der Waals surface area contributed by atoms with E-state index in [0.717, 1.165) is 30.4 Å². The third kappa shape index (κ3) is 5.31. The molecule has 0 radical (unpaired) electrons. The molecule has 30 heavy (non-hydrogen) atoms. The quantitative estimate of drug-likeness (QED) is 0.263. The first-order valence-corrected chi connectivity index (χ1v) is 9.90. The summed E-state index contributed by atoms with van der Waals surface area (Å²) in [6.07, 6.45) is 4.03. The lowest BCUT2D eigenvalue weighted by molar-refractivity contribution is -0.384. The highest BCUT2D eigenvalue weighted by Gasteiger charge is 2.16. The molecule has 0 aliphatic carbocycles. The summed E-state index contributed by atoms with van der Waals surface area (Å²) in [5.74, 6) is 0.0413. The van der Waals surface area contributed by atoms with Crippen LogP contribution in [0.4, 0.5) is 5.69 Å². The summed E-state index contributed by atoms with van der Waals surface area (Å²) >= 11 is 0. The summed E-state index contributed by atoms with van der Waals surface area (Å²) in [4.78, 5) is 26.6. The summed E-state index contributed by atoms with van der Waals surface area (Å²) in [7, 11) is 0. The van der Waals surface area contributed by atoms with Crippen LogP contribution >= 0.6 is 0 Å². The van der Waals surface area contributed by atoms with Crippen molar-refractivity contribution in [2.75, 3.05) is 0 Å². The first-order valence-electron chi connectivity index (χ1n) is 9.90. The van der Waals surface area contributed by atoms with Gasteiger partial charge in [-0.05, 0) is 36.1 Å². The number of nitrogens with zero attached hydrogens (tertiary/aromatic N) is 2. The van der Waals surface area contributed by atoms with Crippen molar-refractivity contribution < 1.29 is 19.2 Å². The molecular weight excluding hydrogens is 384 g/mol. The smallest absolute Gasteiger partial charge is 0.303 e. The van der Waals surface area contributed by atoms with Crippen LogP contribution in [0.25, 0.3) is 10.9 Å². The van der Waals surface area contributed by atoms with Crippen molar-refractivity contribution in [2.45, 2.75) is 45.8 Å². The molecule has 0 saturated heterocycles. The van der Waals surface area contributed by atoms with Crippen LogP contribution in [0.3, 0.4) is 0 Å². The highest BCUT2D eigenvalue weighted by atomic mass is 16.6. The molecule has 1 heterocycles. The maximum Gasteiger partial charge on any atom is 0.303 e. The first kappa shape index (κ1) is 21.2. The van der Waals surface area contributed by atoms with Crippen LogP contribution in [0, 0.1) is 10.1 Å². The van der Waals surface area contributed by atoms with E-state index in [2.05, 4.69) is 11.9 Å². The van der Waals surface area contributed by atoms with Crippen molar-refractivity contribution in [1.29, 1.82) is 0 Å². The SMILES string of the molecule is CCCCC(OC(C)=O)c1cccc(COc2cc([N+](=O)[O-])cc3cccnc23)c1. The summed E-state index contributed by atoms with van der Waals surface area (Å²) in [5, 5.41) is 11.9. The van der Waals surface area contributed by atoms with Crippen LogP contribution in [-0.4, -0.2) is 15.9 Å². The molecule has 0 saturated carbocycles. The molecule has 0 aliphatic rings. The van der Waals surface area contributed by atoms with Gasteiger partial charge < -0.3 is 9.47 Å². The topological polar surface area (TPSA) is 91.6 Å². The van der Waals surface area contributed by atoms with Crippen molar-refractivity contribution in [3.8, 4) is 5.75 Å². The van der Waals surface area contributed by atoms with Gasteiger partial charge in [-0.25, -0.2) is 0 Å². The fourth-order valence-electron chi connectivity index (χ4n) is 3.29. The Kier molecular flexibility index (Phi) is 6.95. The minimum Gasteiger partial charge on any atom is -0.486 e. The minimum atomic E-state index is -0.447. The van der Waals surface area contributed by atoms with Crippen molar-refractivity contribution in [3.63, 3.8) is 0 Å². The second-order valence-corrected chi connectivity index (χ2v) is 7.05. The lowest BCUT2D eigenvalue weighted by atomic mass is 10.0. The van der Waals surface area contributed by atoms with Gasteiger partial charge in [0.05, 0.1) is 11.0 Å². The van der Waals surface area contributed by atoms with E-state index >= 15 is 0 Å². The number of aromatic nitrogens is 1. The number of nitro benzene ring substituents is 1. The number of esters is 1. The predicted octanol–water partition coefficient (Wildman–Crippen LogP) is 5.52. The lowest BCUT2D eigenvalue weighted by Gasteiger charge is -2.18. The molecule has 0 spiro atoms. The summed E-state index contributed by atoms with van der Waals surface area (Å²) in [6.45, 7) is 3.71. The van der Waals surface area contributed by atoms with Crippen LogP contribution in [0.5, 0.6) is 5.75 Å². The number of hydrogen-bond acceptors (Lipinski definition) is 6. The Morgan fingerprint density at radius 3 is 2.77 bits per heavy atom.